The van der Waals surface area contributed by atoms with Crippen molar-refractivity contribution in [3.63, 3.8) is 0 Å². The molecule has 0 aliphatic heterocycles. The lowest BCUT2D eigenvalue weighted by Crippen LogP contribution is -2.34. The van der Waals surface area contributed by atoms with Gasteiger partial charge in [0, 0.05) is 23.0 Å². The molecule has 2 aromatic rings. The van der Waals surface area contributed by atoms with Gasteiger partial charge < -0.3 is 15.4 Å². The van der Waals surface area contributed by atoms with E-state index in [2.05, 4.69) is 15.6 Å². The van der Waals surface area contributed by atoms with Crippen molar-refractivity contribution >= 4 is 29.4 Å². The molecule has 2 N–H and O–H groups in total. The Bertz CT molecular complexity index is 677. The largest absolute Gasteiger partial charge is 0.469 e. The number of hydrogen-bond acceptors (Lipinski definition) is 5. The van der Waals surface area contributed by atoms with Crippen LogP contribution in [0.1, 0.15) is 18.0 Å². The van der Waals surface area contributed by atoms with Gasteiger partial charge in [-0.3, -0.25) is 9.78 Å². The van der Waals surface area contributed by atoms with Crippen LogP contribution in [0.5, 0.6) is 0 Å². The zero-order valence-corrected chi connectivity index (χ0v) is 14.3. The monoisotopic (exact) mass is 345 g/mol. The van der Waals surface area contributed by atoms with Crippen LogP contribution in [-0.2, 0) is 9.53 Å². The van der Waals surface area contributed by atoms with Crippen LogP contribution >= 0.6 is 11.8 Å². The maximum absolute atomic E-state index is 12.2. The molecule has 0 aliphatic carbocycles. The summed E-state index contributed by atoms with van der Waals surface area (Å²) in [5, 5.41) is 5.52. The molecular formula is C17H19N3O3S. The number of hydrogen-bond donors (Lipinski definition) is 2. The number of rotatable bonds is 6. The summed E-state index contributed by atoms with van der Waals surface area (Å²) < 4.78 is 4.72. The summed E-state index contributed by atoms with van der Waals surface area (Å²) in [7, 11) is 1.33. The van der Waals surface area contributed by atoms with E-state index in [1.165, 1.54) is 7.11 Å². The standard InChI is InChI=1S/C17H19N3O3S/c1-23-16(21)11-15(12-3-5-14(24-2)6-4-12)20-17(22)19-13-7-9-18-10-8-13/h3-10,15H,11H2,1-2H3,(H2,18,19,20,22)/t15-/m0/s1. The third-order valence-electron chi connectivity index (χ3n) is 3.36. The normalized spacial score (nSPS) is 11.4. The van der Waals surface area contributed by atoms with Gasteiger partial charge in [0.15, 0.2) is 0 Å². The van der Waals surface area contributed by atoms with Gasteiger partial charge in [0.25, 0.3) is 0 Å². The van der Waals surface area contributed by atoms with E-state index in [1.54, 1.807) is 36.3 Å². The average Bonchev–Trinajstić information content (AvgIpc) is 2.62. The number of pyridine rings is 1. The van der Waals surface area contributed by atoms with E-state index in [4.69, 9.17) is 4.74 Å². The molecule has 7 heteroatoms. The first kappa shape index (κ1) is 17.8. The number of carbonyl (C=O) groups is 2. The third-order valence-corrected chi connectivity index (χ3v) is 4.10. The van der Waals surface area contributed by atoms with E-state index in [0.717, 1.165) is 10.5 Å². The minimum atomic E-state index is -0.477. The number of anilines is 1. The molecule has 6 nitrogen and oxygen atoms in total. The van der Waals surface area contributed by atoms with Gasteiger partial charge in [0.1, 0.15) is 0 Å². The van der Waals surface area contributed by atoms with Crippen molar-refractivity contribution in [1.82, 2.24) is 10.3 Å². The van der Waals surface area contributed by atoms with Gasteiger partial charge in [-0.25, -0.2) is 4.79 Å². The molecule has 126 valence electrons. The van der Waals surface area contributed by atoms with E-state index in [1.807, 2.05) is 30.5 Å². The van der Waals surface area contributed by atoms with E-state index in [9.17, 15) is 9.59 Å². The van der Waals surface area contributed by atoms with Crippen molar-refractivity contribution in [3.8, 4) is 0 Å². The lowest BCUT2D eigenvalue weighted by Gasteiger charge is -2.19. The minimum absolute atomic E-state index is 0.0544. The Kier molecular flexibility index (Phi) is 6.62. The summed E-state index contributed by atoms with van der Waals surface area (Å²) in [6.45, 7) is 0. The van der Waals surface area contributed by atoms with Crippen LogP contribution < -0.4 is 10.6 Å². The number of aromatic nitrogens is 1. The maximum Gasteiger partial charge on any atom is 0.319 e. The van der Waals surface area contributed by atoms with E-state index < -0.39 is 18.0 Å². The highest BCUT2D eigenvalue weighted by molar-refractivity contribution is 7.98. The number of thioether (sulfide) groups is 1. The van der Waals surface area contributed by atoms with Crippen LogP contribution in [0.25, 0.3) is 0 Å². The summed E-state index contributed by atoms with van der Waals surface area (Å²) in [6, 6.07) is 10.2. The summed E-state index contributed by atoms with van der Waals surface area (Å²) in [5.74, 6) is -0.391. The Labute approximate surface area is 145 Å². The molecule has 0 aliphatic rings. The average molecular weight is 345 g/mol. The molecule has 0 saturated heterocycles. The summed E-state index contributed by atoms with van der Waals surface area (Å²) >= 11 is 1.63. The fourth-order valence-electron chi connectivity index (χ4n) is 2.10. The molecule has 1 aromatic heterocycles. The number of ether oxygens (including phenoxy) is 1. The number of nitrogens with zero attached hydrogens (tertiary/aromatic N) is 1. The molecular weight excluding hydrogens is 326 g/mol. The van der Waals surface area contributed by atoms with Gasteiger partial charge >= 0.3 is 12.0 Å². The predicted molar refractivity (Wildman–Crippen MR) is 94.0 cm³/mol. The zero-order valence-electron chi connectivity index (χ0n) is 13.5. The first-order valence-electron chi connectivity index (χ1n) is 7.30. The minimum Gasteiger partial charge on any atom is -0.469 e. The first-order chi connectivity index (χ1) is 11.6. The number of benzene rings is 1. The van der Waals surface area contributed by atoms with Crippen LogP contribution in [0.4, 0.5) is 10.5 Å². The fourth-order valence-corrected chi connectivity index (χ4v) is 2.51. The molecule has 1 atom stereocenters. The predicted octanol–water partition coefficient (Wildman–Crippen LogP) is 3.23. The molecule has 1 aromatic carbocycles. The summed E-state index contributed by atoms with van der Waals surface area (Å²) in [4.78, 5) is 28.8. The molecule has 1 heterocycles. The van der Waals surface area contributed by atoms with Gasteiger partial charge in [-0.15, -0.1) is 11.8 Å². The van der Waals surface area contributed by atoms with Crippen LogP contribution in [0.3, 0.4) is 0 Å². The molecule has 0 unspecified atom stereocenters. The lowest BCUT2D eigenvalue weighted by atomic mass is 10.0. The van der Waals surface area contributed by atoms with E-state index in [-0.39, 0.29) is 6.42 Å². The van der Waals surface area contributed by atoms with Gasteiger partial charge in [-0.1, -0.05) is 12.1 Å². The zero-order chi connectivity index (χ0) is 17.4. The second-order valence-electron chi connectivity index (χ2n) is 4.94. The maximum atomic E-state index is 12.2. The van der Waals surface area contributed by atoms with Crippen LogP contribution in [0.2, 0.25) is 0 Å². The first-order valence-corrected chi connectivity index (χ1v) is 8.53. The highest BCUT2D eigenvalue weighted by Crippen LogP contribution is 2.22. The van der Waals surface area contributed by atoms with Crippen LogP contribution in [-0.4, -0.2) is 30.3 Å². The lowest BCUT2D eigenvalue weighted by molar-refractivity contribution is -0.141. The summed E-state index contributed by atoms with van der Waals surface area (Å²) in [6.07, 6.45) is 5.21. The van der Waals surface area contributed by atoms with Gasteiger partial charge in [-0.2, -0.15) is 0 Å². The SMILES string of the molecule is COC(=O)C[C@H](NC(=O)Nc1ccncc1)c1ccc(SC)cc1. The molecule has 2 amide bonds. The van der Waals surface area contributed by atoms with Crippen LogP contribution in [0.15, 0.2) is 53.7 Å². The second kappa shape index (κ2) is 8.93. The highest BCUT2D eigenvalue weighted by atomic mass is 32.2. The summed E-state index contributed by atoms with van der Waals surface area (Å²) in [5.41, 5.74) is 1.46. The Morgan fingerprint density at radius 2 is 1.83 bits per heavy atom. The Morgan fingerprint density at radius 3 is 2.42 bits per heavy atom. The molecule has 0 bridgehead atoms. The van der Waals surface area contributed by atoms with E-state index in [0.29, 0.717) is 5.69 Å². The quantitative estimate of drug-likeness (QED) is 0.621. The van der Waals surface area contributed by atoms with E-state index >= 15 is 0 Å². The number of urea groups is 1. The van der Waals surface area contributed by atoms with Crippen molar-refractivity contribution in [2.45, 2.75) is 17.4 Å². The van der Waals surface area contributed by atoms with Gasteiger partial charge in [-0.05, 0) is 36.1 Å². The highest BCUT2D eigenvalue weighted by Gasteiger charge is 2.19. The Hall–Kier alpha value is -2.54. The van der Waals surface area contributed by atoms with Gasteiger partial charge in [0.2, 0.25) is 0 Å². The fraction of sp³-hybridized carbons (Fsp3) is 0.235. The van der Waals surface area contributed by atoms with Crippen molar-refractivity contribution < 1.29 is 14.3 Å². The number of amides is 2. The molecule has 2 rings (SSSR count). The molecule has 0 fully saturated rings. The number of carbonyl (C=O) groups excluding carboxylic acids is 2. The Morgan fingerprint density at radius 1 is 1.17 bits per heavy atom. The van der Waals surface area contributed by atoms with Crippen LogP contribution in [0, 0.1) is 0 Å². The van der Waals surface area contributed by atoms with Crippen molar-refractivity contribution in [1.29, 1.82) is 0 Å². The van der Waals surface area contributed by atoms with Crippen molar-refractivity contribution in [2.24, 2.45) is 0 Å². The third kappa shape index (κ3) is 5.27. The number of methoxy groups -OCH3 is 1. The molecule has 24 heavy (non-hydrogen) atoms. The molecule has 0 radical (unpaired) electrons. The molecule has 0 saturated carbocycles. The van der Waals surface area contributed by atoms with Gasteiger partial charge in [0.05, 0.1) is 19.6 Å². The number of nitrogens with one attached hydrogen (secondary N) is 2. The molecule has 0 spiro atoms. The van der Waals surface area contributed by atoms with Crippen molar-refractivity contribution in [2.75, 3.05) is 18.7 Å². The topological polar surface area (TPSA) is 80.3 Å². The smallest absolute Gasteiger partial charge is 0.319 e. The number of esters is 1. The second-order valence-corrected chi connectivity index (χ2v) is 5.82. The van der Waals surface area contributed by atoms with Crippen molar-refractivity contribution in [3.05, 3.63) is 54.4 Å². The Balaban J connectivity index is 2.09.